The number of aromatic amines is 1. The van der Waals surface area contributed by atoms with Crippen LogP contribution in [0.4, 0.5) is 4.39 Å². The van der Waals surface area contributed by atoms with Gasteiger partial charge in [-0.3, -0.25) is 4.79 Å². The van der Waals surface area contributed by atoms with Crippen LogP contribution in [0, 0.1) is 23.6 Å². The Morgan fingerprint density at radius 2 is 2.00 bits per heavy atom. The van der Waals surface area contributed by atoms with Crippen molar-refractivity contribution < 1.29 is 9.18 Å². The van der Waals surface area contributed by atoms with Crippen LogP contribution in [0.3, 0.4) is 0 Å². The molecule has 1 amide bonds. The number of hydrogen-bond donors (Lipinski definition) is 1. The van der Waals surface area contributed by atoms with Crippen molar-refractivity contribution in [2.45, 2.75) is 13.8 Å². The van der Waals surface area contributed by atoms with Gasteiger partial charge in [0.1, 0.15) is 5.82 Å². The second-order valence-corrected chi connectivity index (χ2v) is 6.49. The molecule has 1 aromatic heterocycles. The SMILES string of the molecule is CC(C)CN(CC#Cc1ccccc1)C(=O)c1nc2ccc(F)cc2[nH]1. The van der Waals surface area contributed by atoms with Gasteiger partial charge in [-0.05, 0) is 36.2 Å². The van der Waals surface area contributed by atoms with Gasteiger partial charge >= 0.3 is 0 Å². The van der Waals surface area contributed by atoms with Gasteiger partial charge < -0.3 is 9.88 Å². The van der Waals surface area contributed by atoms with Crippen LogP contribution in [0.2, 0.25) is 0 Å². The standard InChI is InChI=1S/C21H20FN3O/c1-15(2)14-25(12-6-9-16-7-4-3-5-8-16)21(26)20-23-18-11-10-17(22)13-19(18)24-20/h3-5,7-8,10-11,13,15H,12,14H2,1-2H3,(H,23,24). The van der Waals surface area contributed by atoms with Crippen molar-refractivity contribution in [2.24, 2.45) is 5.92 Å². The quantitative estimate of drug-likeness (QED) is 0.727. The van der Waals surface area contributed by atoms with Gasteiger partial charge in [0.05, 0.1) is 17.6 Å². The van der Waals surface area contributed by atoms with Crippen LogP contribution in [0.1, 0.15) is 30.0 Å². The number of aromatic nitrogens is 2. The zero-order valence-electron chi connectivity index (χ0n) is 14.8. The largest absolute Gasteiger partial charge is 0.334 e. The van der Waals surface area contributed by atoms with E-state index in [0.29, 0.717) is 30.0 Å². The first-order chi connectivity index (χ1) is 12.5. The highest BCUT2D eigenvalue weighted by Gasteiger charge is 2.19. The fraction of sp³-hybridized carbons (Fsp3) is 0.238. The summed E-state index contributed by atoms with van der Waals surface area (Å²) in [6, 6.07) is 13.9. The molecule has 0 fully saturated rings. The van der Waals surface area contributed by atoms with Gasteiger partial charge in [0.2, 0.25) is 0 Å². The van der Waals surface area contributed by atoms with E-state index >= 15 is 0 Å². The Morgan fingerprint density at radius 3 is 2.73 bits per heavy atom. The Labute approximate surface area is 152 Å². The maximum atomic E-state index is 13.3. The van der Waals surface area contributed by atoms with Crippen molar-refractivity contribution in [2.75, 3.05) is 13.1 Å². The van der Waals surface area contributed by atoms with Gasteiger partial charge in [-0.2, -0.15) is 0 Å². The molecule has 26 heavy (non-hydrogen) atoms. The van der Waals surface area contributed by atoms with Gasteiger partial charge in [-0.15, -0.1) is 0 Å². The van der Waals surface area contributed by atoms with Crippen molar-refractivity contribution >= 4 is 16.9 Å². The zero-order chi connectivity index (χ0) is 18.5. The molecule has 0 spiro atoms. The van der Waals surface area contributed by atoms with Crippen molar-refractivity contribution in [3.63, 3.8) is 0 Å². The number of hydrogen-bond acceptors (Lipinski definition) is 2. The minimum Gasteiger partial charge on any atom is -0.334 e. The molecule has 0 bridgehead atoms. The molecule has 3 rings (SSSR count). The molecular formula is C21H20FN3O. The fourth-order valence-corrected chi connectivity index (χ4v) is 2.65. The summed E-state index contributed by atoms with van der Waals surface area (Å²) in [5, 5.41) is 0. The van der Waals surface area contributed by atoms with E-state index < -0.39 is 0 Å². The molecule has 0 saturated heterocycles. The van der Waals surface area contributed by atoms with Crippen LogP contribution in [0.25, 0.3) is 11.0 Å². The molecule has 3 aromatic rings. The van der Waals surface area contributed by atoms with Crippen molar-refractivity contribution in [3.05, 3.63) is 65.7 Å². The summed E-state index contributed by atoms with van der Waals surface area (Å²) in [4.78, 5) is 21.7. The number of nitrogens with zero attached hydrogens (tertiary/aromatic N) is 2. The van der Waals surface area contributed by atoms with Crippen LogP contribution < -0.4 is 0 Å². The van der Waals surface area contributed by atoms with Gasteiger partial charge in [0, 0.05) is 12.1 Å². The number of imidazole rings is 1. The summed E-state index contributed by atoms with van der Waals surface area (Å²) < 4.78 is 13.3. The normalized spacial score (nSPS) is 10.6. The monoisotopic (exact) mass is 349 g/mol. The van der Waals surface area contributed by atoms with Crippen LogP contribution in [0.5, 0.6) is 0 Å². The molecule has 0 aliphatic carbocycles. The molecule has 0 aliphatic heterocycles. The summed E-state index contributed by atoms with van der Waals surface area (Å²) in [6.07, 6.45) is 0. The topological polar surface area (TPSA) is 49.0 Å². The lowest BCUT2D eigenvalue weighted by atomic mass is 10.2. The molecule has 2 aromatic carbocycles. The first-order valence-electron chi connectivity index (χ1n) is 8.51. The lowest BCUT2D eigenvalue weighted by Crippen LogP contribution is -2.35. The third kappa shape index (κ3) is 4.28. The molecule has 0 atom stereocenters. The average molecular weight is 349 g/mol. The van der Waals surface area contributed by atoms with Gasteiger partial charge in [-0.25, -0.2) is 9.37 Å². The summed E-state index contributed by atoms with van der Waals surface area (Å²) in [7, 11) is 0. The number of halogens is 1. The summed E-state index contributed by atoms with van der Waals surface area (Å²) in [5.41, 5.74) is 1.98. The number of fused-ring (bicyclic) bond motifs is 1. The van der Waals surface area contributed by atoms with E-state index in [1.165, 1.54) is 12.1 Å². The minimum atomic E-state index is -0.368. The Morgan fingerprint density at radius 1 is 1.23 bits per heavy atom. The number of carbonyl (C=O) groups excluding carboxylic acids is 1. The molecule has 0 unspecified atom stereocenters. The van der Waals surface area contributed by atoms with Gasteiger partial charge in [0.25, 0.3) is 5.91 Å². The predicted octanol–water partition coefficient (Wildman–Crippen LogP) is 3.85. The second kappa shape index (κ2) is 7.83. The summed E-state index contributed by atoms with van der Waals surface area (Å²) in [6.45, 7) is 4.95. The maximum Gasteiger partial charge on any atom is 0.290 e. The molecule has 5 heteroatoms. The zero-order valence-corrected chi connectivity index (χ0v) is 14.8. The lowest BCUT2D eigenvalue weighted by molar-refractivity contribution is 0.0748. The van der Waals surface area contributed by atoms with E-state index in [1.54, 1.807) is 11.0 Å². The molecule has 0 radical (unpaired) electrons. The highest BCUT2D eigenvalue weighted by atomic mass is 19.1. The van der Waals surface area contributed by atoms with E-state index in [0.717, 1.165) is 5.56 Å². The van der Waals surface area contributed by atoms with E-state index in [2.05, 4.69) is 21.8 Å². The van der Waals surface area contributed by atoms with E-state index in [1.807, 2.05) is 44.2 Å². The average Bonchev–Trinajstić information content (AvgIpc) is 3.04. The van der Waals surface area contributed by atoms with Gasteiger partial charge in [-0.1, -0.05) is 43.9 Å². The number of amides is 1. The first-order valence-corrected chi connectivity index (χ1v) is 8.51. The molecule has 0 aliphatic rings. The van der Waals surface area contributed by atoms with Gasteiger partial charge in [0.15, 0.2) is 5.82 Å². The highest BCUT2D eigenvalue weighted by molar-refractivity contribution is 5.94. The molecular weight excluding hydrogens is 329 g/mol. The fourth-order valence-electron chi connectivity index (χ4n) is 2.65. The third-order valence-electron chi connectivity index (χ3n) is 3.80. The predicted molar refractivity (Wildman–Crippen MR) is 100 cm³/mol. The number of H-pyrrole nitrogens is 1. The Hall–Kier alpha value is -3.13. The Bertz CT molecular complexity index is 967. The van der Waals surface area contributed by atoms with Crippen molar-refractivity contribution in [1.29, 1.82) is 0 Å². The molecule has 1 N–H and O–H groups in total. The van der Waals surface area contributed by atoms with E-state index in [4.69, 9.17) is 0 Å². The van der Waals surface area contributed by atoms with Crippen LogP contribution in [-0.2, 0) is 0 Å². The van der Waals surface area contributed by atoms with Crippen LogP contribution in [0.15, 0.2) is 48.5 Å². The van der Waals surface area contributed by atoms with E-state index in [-0.39, 0.29) is 17.5 Å². The Balaban J connectivity index is 1.81. The van der Waals surface area contributed by atoms with Crippen molar-refractivity contribution in [1.82, 2.24) is 14.9 Å². The van der Waals surface area contributed by atoms with Crippen LogP contribution in [-0.4, -0.2) is 33.9 Å². The highest BCUT2D eigenvalue weighted by Crippen LogP contribution is 2.14. The smallest absolute Gasteiger partial charge is 0.290 e. The maximum absolute atomic E-state index is 13.3. The number of carbonyl (C=O) groups is 1. The van der Waals surface area contributed by atoms with E-state index in [9.17, 15) is 9.18 Å². The molecule has 4 nitrogen and oxygen atoms in total. The first kappa shape index (κ1) is 17.7. The number of rotatable bonds is 4. The molecule has 1 heterocycles. The third-order valence-corrected chi connectivity index (χ3v) is 3.80. The molecule has 0 saturated carbocycles. The Kier molecular flexibility index (Phi) is 5.33. The minimum absolute atomic E-state index is 0.202. The van der Waals surface area contributed by atoms with Crippen LogP contribution >= 0.6 is 0 Å². The number of nitrogens with one attached hydrogen (secondary N) is 1. The summed E-state index contributed by atoms with van der Waals surface area (Å²) >= 11 is 0. The summed E-state index contributed by atoms with van der Waals surface area (Å²) in [5.74, 6) is 6.01. The lowest BCUT2D eigenvalue weighted by Gasteiger charge is -2.21. The second-order valence-electron chi connectivity index (χ2n) is 6.49. The number of benzene rings is 2. The molecule has 132 valence electrons. The van der Waals surface area contributed by atoms with Crippen molar-refractivity contribution in [3.8, 4) is 11.8 Å².